The molecule has 4 heteroatoms. The monoisotopic (exact) mass is 369 g/mol. The Labute approximate surface area is 156 Å². The predicted octanol–water partition coefficient (Wildman–Crippen LogP) is 4.54. The second-order valence-corrected chi connectivity index (χ2v) is 6.71. The number of benzene rings is 3. The molecular weight excluding hydrogens is 355 g/mol. The van der Waals surface area contributed by atoms with Crippen LogP contribution in [0.15, 0.2) is 66.7 Å². The van der Waals surface area contributed by atoms with Crippen LogP contribution in [-0.2, 0) is 12.8 Å². The molecule has 126 valence electrons. The molecule has 0 radical (unpaired) electrons. The minimum absolute atomic E-state index is 0.224. The maximum Gasteiger partial charge on any atom is 0.0718 e. The molecule has 0 spiro atoms. The van der Waals surface area contributed by atoms with Gasteiger partial charge in [-0.25, -0.2) is 0 Å². The van der Waals surface area contributed by atoms with Crippen LogP contribution in [0.2, 0.25) is 10.0 Å². The number of carboxylic acid groups (broad SMARTS) is 1. The number of aromatic carboxylic acids is 1. The molecule has 2 nitrogen and oxygen atoms in total. The second kappa shape index (κ2) is 7.73. The van der Waals surface area contributed by atoms with Crippen LogP contribution < -0.4 is 5.11 Å². The molecule has 3 aromatic rings. The topological polar surface area (TPSA) is 40.1 Å². The fourth-order valence-corrected chi connectivity index (χ4v) is 3.08. The zero-order valence-corrected chi connectivity index (χ0v) is 14.8. The van der Waals surface area contributed by atoms with Crippen LogP contribution in [0.4, 0.5) is 0 Å². The van der Waals surface area contributed by atoms with Crippen molar-refractivity contribution >= 4 is 29.2 Å². The third kappa shape index (κ3) is 4.41. The molecule has 0 unspecified atom stereocenters. The zero-order chi connectivity index (χ0) is 17.8. The summed E-state index contributed by atoms with van der Waals surface area (Å²) in [5, 5.41) is 12.9. The van der Waals surface area contributed by atoms with Gasteiger partial charge in [-0.3, -0.25) is 0 Å². The molecule has 0 aliphatic rings. The van der Waals surface area contributed by atoms with Gasteiger partial charge in [-0.1, -0.05) is 65.7 Å². The van der Waals surface area contributed by atoms with Crippen molar-refractivity contribution in [2.24, 2.45) is 0 Å². The Balaban J connectivity index is 1.99. The predicted molar refractivity (Wildman–Crippen MR) is 99.3 cm³/mol. The van der Waals surface area contributed by atoms with Gasteiger partial charge >= 0.3 is 0 Å². The first-order valence-electron chi connectivity index (χ1n) is 7.84. The third-order valence-corrected chi connectivity index (χ3v) is 4.60. The van der Waals surface area contributed by atoms with Crippen molar-refractivity contribution in [2.45, 2.75) is 12.8 Å². The van der Waals surface area contributed by atoms with Gasteiger partial charge in [0.1, 0.15) is 0 Å². The number of halogens is 2. The highest BCUT2D eigenvalue weighted by Crippen LogP contribution is 2.23. The summed E-state index contributed by atoms with van der Waals surface area (Å²) in [5.74, 6) is -1.16. The molecule has 0 saturated heterocycles. The number of carboxylic acids is 1. The van der Waals surface area contributed by atoms with Crippen molar-refractivity contribution in [2.75, 3.05) is 0 Å². The summed E-state index contributed by atoms with van der Waals surface area (Å²) in [4.78, 5) is 11.6. The molecule has 3 aromatic carbocycles. The molecule has 0 aliphatic heterocycles. The van der Waals surface area contributed by atoms with E-state index in [2.05, 4.69) is 0 Å². The van der Waals surface area contributed by atoms with Crippen molar-refractivity contribution in [1.29, 1.82) is 0 Å². The Hall–Kier alpha value is -2.29. The highest BCUT2D eigenvalue weighted by molar-refractivity contribution is 6.30. The normalized spacial score (nSPS) is 10.6. The standard InChI is InChI=1S/C21H16Cl2O2/c22-17-8-4-14(5-9-17)12-16-2-1-3-19(21(24)25)20(16)13-15-6-10-18(23)11-7-15/h1-11H,12-13H2,(H,24,25)/p-1. The van der Waals surface area contributed by atoms with E-state index in [-0.39, 0.29) is 5.56 Å². The molecule has 0 saturated carbocycles. The number of carbonyl (C=O) groups is 1. The van der Waals surface area contributed by atoms with Gasteiger partial charge < -0.3 is 9.90 Å². The maximum absolute atomic E-state index is 11.6. The molecular formula is C21H15Cl2O2-. The first-order valence-corrected chi connectivity index (χ1v) is 8.59. The van der Waals surface area contributed by atoms with Crippen molar-refractivity contribution in [3.05, 3.63) is 105 Å². The van der Waals surface area contributed by atoms with Crippen molar-refractivity contribution < 1.29 is 9.90 Å². The third-order valence-electron chi connectivity index (χ3n) is 4.09. The molecule has 0 aromatic heterocycles. The summed E-state index contributed by atoms with van der Waals surface area (Å²) in [6, 6.07) is 20.3. The number of hydrogen-bond acceptors (Lipinski definition) is 2. The smallest absolute Gasteiger partial charge is 0.0718 e. The van der Waals surface area contributed by atoms with Gasteiger partial charge in [-0.15, -0.1) is 0 Å². The van der Waals surface area contributed by atoms with E-state index in [1.165, 1.54) is 0 Å². The quantitative estimate of drug-likeness (QED) is 0.662. The van der Waals surface area contributed by atoms with Gasteiger partial charge in [0.05, 0.1) is 5.97 Å². The molecule has 0 bridgehead atoms. The molecule has 0 N–H and O–H groups in total. The first kappa shape index (κ1) is 17.5. The largest absolute Gasteiger partial charge is 0.545 e. The SMILES string of the molecule is O=C([O-])c1cccc(Cc2ccc(Cl)cc2)c1Cc1ccc(Cl)cc1. The van der Waals surface area contributed by atoms with Gasteiger partial charge in [0.15, 0.2) is 0 Å². The maximum atomic E-state index is 11.6. The average Bonchev–Trinajstić information content (AvgIpc) is 2.60. The lowest BCUT2D eigenvalue weighted by Crippen LogP contribution is -2.24. The zero-order valence-electron chi connectivity index (χ0n) is 13.3. The van der Waals surface area contributed by atoms with E-state index in [0.29, 0.717) is 22.9 Å². The van der Waals surface area contributed by atoms with Gasteiger partial charge in [0.2, 0.25) is 0 Å². The molecule has 25 heavy (non-hydrogen) atoms. The molecule has 0 aliphatic carbocycles. The van der Waals surface area contributed by atoms with Crippen LogP contribution in [0.3, 0.4) is 0 Å². The van der Waals surface area contributed by atoms with E-state index >= 15 is 0 Å². The summed E-state index contributed by atoms with van der Waals surface area (Å²) in [5.41, 5.74) is 4.01. The van der Waals surface area contributed by atoms with Crippen LogP contribution in [0.25, 0.3) is 0 Å². The highest BCUT2D eigenvalue weighted by Gasteiger charge is 2.11. The van der Waals surface area contributed by atoms with Crippen molar-refractivity contribution in [3.8, 4) is 0 Å². The summed E-state index contributed by atoms with van der Waals surface area (Å²) in [6.45, 7) is 0. The van der Waals surface area contributed by atoms with Crippen molar-refractivity contribution in [1.82, 2.24) is 0 Å². The van der Waals surface area contributed by atoms with E-state index in [4.69, 9.17) is 23.2 Å². The molecule has 0 fully saturated rings. The van der Waals surface area contributed by atoms with Crippen LogP contribution in [0.1, 0.15) is 32.6 Å². The average molecular weight is 370 g/mol. The van der Waals surface area contributed by atoms with Gasteiger partial charge in [0.25, 0.3) is 0 Å². The fourth-order valence-electron chi connectivity index (χ4n) is 2.83. The van der Waals surface area contributed by atoms with Gasteiger partial charge in [-0.2, -0.15) is 0 Å². The van der Waals surface area contributed by atoms with E-state index in [1.807, 2.05) is 42.5 Å². The van der Waals surface area contributed by atoms with E-state index in [9.17, 15) is 9.90 Å². The number of rotatable bonds is 5. The van der Waals surface area contributed by atoms with Gasteiger partial charge in [0, 0.05) is 15.6 Å². The van der Waals surface area contributed by atoms with E-state index < -0.39 is 5.97 Å². The number of hydrogen-bond donors (Lipinski definition) is 0. The van der Waals surface area contributed by atoms with Crippen LogP contribution in [0.5, 0.6) is 0 Å². The van der Waals surface area contributed by atoms with Crippen LogP contribution in [-0.4, -0.2) is 5.97 Å². The number of carbonyl (C=O) groups excluding carboxylic acids is 1. The minimum Gasteiger partial charge on any atom is -0.545 e. The molecule has 3 rings (SSSR count). The van der Waals surface area contributed by atoms with Gasteiger partial charge in [-0.05, 0) is 59.4 Å². The summed E-state index contributed by atoms with van der Waals surface area (Å²) in [7, 11) is 0. The lowest BCUT2D eigenvalue weighted by atomic mass is 9.91. The molecule has 0 amide bonds. The molecule has 0 heterocycles. The Morgan fingerprint density at radius 2 is 1.28 bits per heavy atom. The Morgan fingerprint density at radius 1 is 0.760 bits per heavy atom. The lowest BCUT2D eigenvalue weighted by Gasteiger charge is -2.16. The summed E-state index contributed by atoms with van der Waals surface area (Å²) < 4.78 is 0. The lowest BCUT2D eigenvalue weighted by molar-refractivity contribution is -0.255. The van der Waals surface area contributed by atoms with Crippen molar-refractivity contribution in [3.63, 3.8) is 0 Å². The minimum atomic E-state index is -1.16. The Morgan fingerprint density at radius 3 is 1.80 bits per heavy atom. The summed E-state index contributed by atoms with van der Waals surface area (Å²) in [6.07, 6.45) is 1.13. The van der Waals surface area contributed by atoms with Crippen LogP contribution >= 0.6 is 23.2 Å². The van der Waals surface area contributed by atoms with E-state index in [0.717, 1.165) is 22.3 Å². The highest BCUT2D eigenvalue weighted by atomic mass is 35.5. The molecule has 0 atom stereocenters. The summed E-state index contributed by atoms with van der Waals surface area (Å²) >= 11 is 11.9. The fraction of sp³-hybridized carbons (Fsp3) is 0.0952. The van der Waals surface area contributed by atoms with E-state index in [1.54, 1.807) is 24.3 Å². The van der Waals surface area contributed by atoms with Crippen LogP contribution in [0, 0.1) is 0 Å². The Bertz CT molecular complexity index is 885. The Kier molecular flexibility index (Phi) is 5.42. The first-order chi connectivity index (χ1) is 12.0. The second-order valence-electron chi connectivity index (χ2n) is 5.84.